The number of likely N-dealkylation sites (tertiary alicyclic amines) is 1. The van der Waals surface area contributed by atoms with E-state index in [4.69, 9.17) is 11.6 Å². The van der Waals surface area contributed by atoms with E-state index in [2.05, 4.69) is 20.2 Å². The Morgan fingerprint density at radius 1 is 1.07 bits per heavy atom. The molecule has 1 aliphatic rings. The summed E-state index contributed by atoms with van der Waals surface area (Å²) in [5.41, 5.74) is 1.68. The Balaban J connectivity index is 1.34. The Bertz CT molecular complexity index is 1020. The third-order valence-electron chi connectivity index (χ3n) is 4.96. The minimum Gasteiger partial charge on any atom is -0.350 e. The third kappa shape index (κ3) is 5.19. The van der Waals surface area contributed by atoms with Crippen LogP contribution in [0.25, 0.3) is 0 Å². The van der Waals surface area contributed by atoms with E-state index in [1.807, 2.05) is 12.1 Å². The Hall–Kier alpha value is -2.77. The van der Waals surface area contributed by atoms with Gasteiger partial charge in [-0.2, -0.15) is 4.98 Å². The van der Waals surface area contributed by atoms with Crippen molar-refractivity contribution in [1.29, 1.82) is 0 Å². The van der Waals surface area contributed by atoms with Crippen LogP contribution in [-0.2, 0) is 13.1 Å². The van der Waals surface area contributed by atoms with Gasteiger partial charge in [-0.1, -0.05) is 35.9 Å². The molecule has 0 radical (unpaired) electrons. The van der Waals surface area contributed by atoms with Crippen LogP contribution < -0.4 is 11.0 Å². The molecule has 0 spiro atoms. The van der Waals surface area contributed by atoms with Crippen LogP contribution in [0.2, 0.25) is 5.02 Å². The Kier molecular flexibility index (Phi) is 5.87. The van der Waals surface area contributed by atoms with Gasteiger partial charge in [-0.15, -0.1) is 0 Å². The molecule has 1 fully saturated rings. The molecule has 1 saturated heterocycles. The van der Waals surface area contributed by atoms with Crippen molar-refractivity contribution in [2.24, 2.45) is 0 Å². The SMILES string of the molecule is O=c1nc(N[C@@H]2CCN(Cc3ccc(F)cc3)C2)ncn1Cc1ccc(Cl)cc1. The summed E-state index contributed by atoms with van der Waals surface area (Å²) in [6.45, 7) is 2.89. The first-order chi connectivity index (χ1) is 14.0. The van der Waals surface area contributed by atoms with Gasteiger partial charge in [0.2, 0.25) is 5.95 Å². The highest BCUT2D eigenvalue weighted by Gasteiger charge is 2.23. The average Bonchev–Trinajstić information content (AvgIpc) is 3.14. The lowest BCUT2D eigenvalue weighted by atomic mass is 10.2. The minimum absolute atomic E-state index is 0.168. The highest BCUT2D eigenvalue weighted by atomic mass is 35.5. The van der Waals surface area contributed by atoms with Gasteiger partial charge in [0, 0.05) is 30.7 Å². The van der Waals surface area contributed by atoms with Crippen molar-refractivity contribution in [1.82, 2.24) is 19.4 Å². The molecule has 150 valence electrons. The fourth-order valence-corrected chi connectivity index (χ4v) is 3.57. The minimum atomic E-state index is -0.349. The van der Waals surface area contributed by atoms with Crippen LogP contribution in [0, 0.1) is 5.82 Å². The van der Waals surface area contributed by atoms with Gasteiger partial charge in [0.1, 0.15) is 12.1 Å². The molecule has 6 nitrogen and oxygen atoms in total. The molecule has 1 N–H and O–H groups in total. The molecule has 29 heavy (non-hydrogen) atoms. The monoisotopic (exact) mass is 413 g/mol. The molecule has 0 amide bonds. The van der Waals surface area contributed by atoms with Crippen LogP contribution in [0.15, 0.2) is 59.7 Å². The number of hydrogen-bond acceptors (Lipinski definition) is 5. The first kappa shape index (κ1) is 19.5. The maximum Gasteiger partial charge on any atom is 0.352 e. The first-order valence-corrected chi connectivity index (χ1v) is 9.84. The zero-order chi connectivity index (χ0) is 20.2. The molecule has 2 aromatic carbocycles. The van der Waals surface area contributed by atoms with E-state index < -0.39 is 0 Å². The van der Waals surface area contributed by atoms with E-state index in [1.165, 1.54) is 23.0 Å². The molecule has 0 unspecified atom stereocenters. The quantitative estimate of drug-likeness (QED) is 0.672. The number of halogens is 2. The van der Waals surface area contributed by atoms with Crippen LogP contribution in [-0.4, -0.2) is 38.6 Å². The van der Waals surface area contributed by atoms with Gasteiger partial charge in [0.25, 0.3) is 0 Å². The molecular weight excluding hydrogens is 393 g/mol. The van der Waals surface area contributed by atoms with Crippen molar-refractivity contribution in [3.05, 3.63) is 87.3 Å². The second-order valence-electron chi connectivity index (χ2n) is 7.21. The molecule has 0 saturated carbocycles. The smallest absolute Gasteiger partial charge is 0.350 e. The Morgan fingerprint density at radius 2 is 1.76 bits per heavy atom. The first-order valence-electron chi connectivity index (χ1n) is 9.46. The largest absolute Gasteiger partial charge is 0.352 e. The van der Waals surface area contributed by atoms with Gasteiger partial charge < -0.3 is 5.32 Å². The van der Waals surface area contributed by atoms with Gasteiger partial charge in [-0.05, 0) is 41.8 Å². The summed E-state index contributed by atoms with van der Waals surface area (Å²) in [7, 11) is 0. The molecule has 0 bridgehead atoms. The van der Waals surface area contributed by atoms with Gasteiger partial charge in [-0.25, -0.2) is 14.2 Å². The summed E-state index contributed by atoms with van der Waals surface area (Å²) >= 11 is 5.89. The molecule has 0 aliphatic carbocycles. The van der Waals surface area contributed by atoms with Crippen molar-refractivity contribution in [2.45, 2.75) is 25.6 Å². The molecule has 1 atom stereocenters. The number of rotatable bonds is 6. The number of anilines is 1. The highest BCUT2D eigenvalue weighted by Crippen LogP contribution is 2.16. The molecule has 2 heterocycles. The summed E-state index contributed by atoms with van der Waals surface area (Å²) < 4.78 is 14.5. The van der Waals surface area contributed by atoms with Crippen molar-refractivity contribution >= 4 is 17.5 Å². The predicted molar refractivity (Wildman–Crippen MR) is 111 cm³/mol. The van der Waals surface area contributed by atoms with E-state index in [-0.39, 0.29) is 17.5 Å². The van der Waals surface area contributed by atoms with Crippen LogP contribution in [0.5, 0.6) is 0 Å². The lowest BCUT2D eigenvalue weighted by Crippen LogP contribution is -2.30. The van der Waals surface area contributed by atoms with Gasteiger partial charge in [-0.3, -0.25) is 9.47 Å². The summed E-state index contributed by atoms with van der Waals surface area (Å²) in [6.07, 6.45) is 2.44. The maximum atomic E-state index is 13.0. The molecule has 1 aliphatic heterocycles. The zero-order valence-electron chi connectivity index (χ0n) is 15.8. The van der Waals surface area contributed by atoms with Gasteiger partial charge in [0.05, 0.1) is 6.54 Å². The molecule has 4 rings (SSSR count). The molecule has 3 aromatic rings. The predicted octanol–water partition coefficient (Wildman–Crippen LogP) is 3.17. The van der Waals surface area contributed by atoms with Crippen molar-refractivity contribution in [3.8, 4) is 0 Å². The van der Waals surface area contributed by atoms with Crippen molar-refractivity contribution in [2.75, 3.05) is 18.4 Å². The average molecular weight is 414 g/mol. The van der Waals surface area contributed by atoms with Gasteiger partial charge in [0.15, 0.2) is 0 Å². The van der Waals surface area contributed by atoms with E-state index in [0.717, 1.165) is 37.2 Å². The lowest BCUT2D eigenvalue weighted by Gasteiger charge is -2.17. The Labute approximate surface area is 173 Å². The second kappa shape index (κ2) is 8.71. The highest BCUT2D eigenvalue weighted by molar-refractivity contribution is 6.30. The number of benzene rings is 2. The van der Waals surface area contributed by atoms with Crippen LogP contribution in [0.4, 0.5) is 10.3 Å². The van der Waals surface area contributed by atoms with Crippen molar-refractivity contribution < 1.29 is 4.39 Å². The number of nitrogens with zero attached hydrogens (tertiary/aromatic N) is 4. The molecule has 8 heteroatoms. The summed E-state index contributed by atoms with van der Waals surface area (Å²) in [5, 5.41) is 3.91. The number of nitrogens with one attached hydrogen (secondary N) is 1. The maximum absolute atomic E-state index is 13.0. The van der Waals surface area contributed by atoms with Crippen LogP contribution >= 0.6 is 11.6 Å². The number of hydrogen-bond donors (Lipinski definition) is 1. The van der Waals surface area contributed by atoms with E-state index in [0.29, 0.717) is 17.5 Å². The lowest BCUT2D eigenvalue weighted by molar-refractivity contribution is 0.328. The van der Waals surface area contributed by atoms with E-state index >= 15 is 0 Å². The zero-order valence-corrected chi connectivity index (χ0v) is 16.5. The van der Waals surface area contributed by atoms with E-state index in [9.17, 15) is 9.18 Å². The third-order valence-corrected chi connectivity index (χ3v) is 5.21. The van der Waals surface area contributed by atoms with Crippen LogP contribution in [0.3, 0.4) is 0 Å². The normalized spacial score (nSPS) is 16.8. The summed E-state index contributed by atoms with van der Waals surface area (Å²) in [4.78, 5) is 23.0. The topological polar surface area (TPSA) is 63.1 Å². The molecular formula is C21H21ClFN5O. The Morgan fingerprint density at radius 3 is 2.48 bits per heavy atom. The van der Waals surface area contributed by atoms with Crippen molar-refractivity contribution in [3.63, 3.8) is 0 Å². The fourth-order valence-electron chi connectivity index (χ4n) is 3.45. The number of aromatic nitrogens is 3. The summed E-state index contributed by atoms with van der Waals surface area (Å²) in [5.74, 6) is 0.119. The van der Waals surface area contributed by atoms with Gasteiger partial charge >= 0.3 is 5.69 Å². The standard InChI is InChI=1S/C21H21ClFN5O/c22-17-5-1-16(2-6-17)12-28-14-24-20(26-21(28)29)25-19-9-10-27(13-19)11-15-3-7-18(23)8-4-15/h1-8,14,19H,9-13H2,(H,25,26,29)/t19-/m1/s1. The van der Waals surface area contributed by atoms with Crippen LogP contribution in [0.1, 0.15) is 17.5 Å². The fraction of sp³-hybridized carbons (Fsp3) is 0.286. The molecule has 1 aromatic heterocycles. The van der Waals surface area contributed by atoms with E-state index in [1.54, 1.807) is 24.3 Å². The summed E-state index contributed by atoms with van der Waals surface area (Å²) in [6, 6.07) is 14.1. The second-order valence-corrected chi connectivity index (χ2v) is 7.64.